The van der Waals surface area contributed by atoms with E-state index in [0.717, 1.165) is 16.7 Å². The van der Waals surface area contributed by atoms with Crippen molar-refractivity contribution < 1.29 is 9.59 Å². The second-order valence-corrected chi connectivity index (χ2v) is 8.76. The lowest BCUT2D eigenvalue weighted by atomic mass is 10.0. The summed E-state index contributed by atoms with van der Waals surface area (Å²) in [6.45, 7) is 2.58. The summed E-state index contributed by atoms with van der Waals surface area (Å²) in [5, 5.41) is 4.22. The van der Waals surface area contributed by atoms with Gasteiger partial charge in [-0.25, -0.2) is 0 Å². The monoisotopic (exact) mass is 482 g/mol. The third-order valence-corrected chi connectivity index (χ3v) is 6.03. The van der Waals surface area contributed by atoms with Gasteiger partial charge in [-0.15, -0.1) is 0 Å². The maximum Gasteiger partial charge on any atom is 0.243 e. The van der Waals surface area contributed by atoms with Crippen molar-refractivity contribution in [2.24, 2.45) is 0 Å². The van der Waals surface area contributed by atoms with Crippen LogP contribution in [0.4, 0.5) is 0 Å². The lowest BCUT2D eigenvalue weighted by Crippen LogP contribution is -2.50. The van der Waals surface area contributed by atoms with E-state index in [0.29, 0.717) is 42.4 Å². The third kappa shape index (κ3) is 7.34. The third-order valence-electron chi connectivity index (χ3n) is 5.41. The zero-order valence-electron chi connectivity index (χ0n) is 18.6. The first-order chi connectivity index (χ1) is 16.0. The minimum absolute atomic E-state index is 0.0544. The van der Waals surface area contributed by atoms with Crippen LogP contribution in [0.15, 0.2) is 78.9 Å². The number of carbonyl (C=O) groups is 2. The Morgan fingerprint density at radius 2 is 1.55 bits per heavy atom. The molecule has 0 aliphatic carbocycles. The van der Waals surface area contributed by atoms with E-state index >= 15 is 0 Å². The molecule has 172 valence electrons. The van der Waals surface area contributed by atoms with Gasteiger partial charge in [0, 0.05) is 36.0 Å². The van der Waals surface area contributed by atoms with Crippen LogP contribution in [0, 0.1) is 0 Å². The van der Waals surface area contributed by atoms with Crippen molar-refractivity contribution in [3.8, 4) is 0 Å². The fourth-order valence-electron chi connectivity index (χ4n) is 3.64. The SMILES string of the molecule is CCCC(=O)N(Cc1ccc(Cl)cc1)C(Cc1ccccc1)C(=O)NCc1ccccc1Cl. The molecule has 0 saturated heterocycles. The van der Waals surface area contributed by atoms with Gasteiger partial charge in [0.1, 0.15) is 6.04 Å². The van der Waals surface area contributed by atoms with E-state index in [1.54, 1.807) is 23.1 Å². The first-order valence-corrected chi connectivity index (χ1v) is 11.8. The smallest absolute Gasteiger partial charge is 0.243 e. The van der Waals surface area contributed by atoms with E-state index < -0.39 is 6.04 Å². The Bertz CT molecular complexity index is 1060. The fourth-order valence-corrected chi connectivity index (χ4v) is 3.97. The number of nitrogens with one attached hydrogen (secondary N) is 1. The molecule has 0 fully saturated rings. The highest BCUT2D eigenvalue weighted by molar-refractivity contribution is 6.31. The number of amides is 2. The first kappa shape index (κ1) is 24.8. The summed E-state index contributed by atoms with van der Waals surface area (Å²) in [6.07, 6.45) is 1.49. The minimum Gasteiger partial charge on any atom is -0.350 e. The van der Waals surface area contributed by atoms with Gasteiger partial charge in [-0.05, 0) is 41.3 Å². The topological polar surface area (TPSA) is 49.4 Å². The summed E-state index contributed by atoms with van der Waals surface area (Å²) >= 11 is 12.3. The number of nitrogens with zero attached hydrogens (tertiary/aromatic N) is 1. The molecule has 0 heterocycles. The molecule has 1 N–H and O–H groups in total. The average Bonchev–Trinajstić information content (AvgIpc) is 2.82. The lowest BCUT2D eigenvalue weighted by molar-refractivity contribution is -0.141. The van der Waals surface area contributed by atoms with Crippen molar-refractivity contribution in [2.75, 3.05) is 0 Å². The molecule has 2 amide bonds. The van der Waals surface area contributed by atoms with Gasteiger partial charge in [-0.2, -0.15) is 0 Å². The molecule has 1 unspecified atom stereocenters. The first-order valence-electron chi connectivity index (χ1n) is 11.1. The van der Waals surface area contributed by atoms with Crippen LogP contribution in [0.1, 0.15) is 36.5 Å². The molecule has 4 nitrogen and oxygen atoms in total. The summed E-state index contributed by atoms with van der Waals surface area (Å²) in [5.74, 6) is -0.265. The Labute approximate surface area is 205 Å². The van der Waals surface area contributed by atoms with Crippen LogP contribution >= 0.6 is 23.2 Å². The molecule has 0 aromatic heterocycles. The van der Waals surface area contributed by atoms with Crippen molar-refractivity contribution in [3.63, 3.8) is 0 Å². The average molecular weight is 483 g/mol. The minimum atomic E-state index is -0.662. The van der Waals surface area contributed by atoms with Gasteiger partial charge >= 0.3 is 0 Å². The predicted molar refractivity (Wildman–Crippen MR) is 134 cm³/mol. The quantitative estimate of drug-likeness (QED) is 0.382. The summed E-state index contributed by atoms with van der Waals surface area (Å²) in [5.41, 5.74) is 2.73. The van der Waals surface area contributed by atoms with Crippen molar-refractivity contribution in [1.29, 1.82) is 0 Å². The molecule has 33 heavy (non-hydrogen) atoms. The molecule has 1 atom stereocenters. The van der Waals surface area contributed by atoms with Crippen LogP contribution in [0.5, 0.6) is 0 Å². The molecular weight excluding hydrogens is 455 g/mol. The number of hydrogen-bond donors (Lipinski definition) is 1. The summed E-state index contributed by atoms with van der Waals surface area (Å²) in [4.78, 5) is 28.3. The van der Waals surface area contributed by atoms with E-state index in [-0.39, 0.29) is 11.8 Å². The van der Waals surface area contributed by atoms with E-state index in [9.17, 15) is 9.59 Å². The molecule has 0 saturated carbocycles. The number of benzene rings is 3. The molecule has 0 radical (unpaired) electrons. The van der Waals surface area contributed by atoms with Gasteiger partial charge in [0.25, 0.3) is 0 Å². The van der Waals surface area contributed by atoms with Gasteiger partial charge in [0.2, 0.25) is 11.8 Å². The lowest BCUT2D eigenvalue weighted by Gasteiger charge is -2.31. The van der Waals surface area contributed by atoms with E-state index in [4.69, 9.17) is 23.2 Å². The Balaban J connectivity index is 1.88. The Morgan fingerprint density at radius 3 is 2.21 bits per heavy atom. The molecule has 6 heteroatoms. The van der Waals surface area contributed by atoms with Gasteiger partial charge < -0.3 is 10.2 Å². The normalized spacial score (nSPS) is 11.6. The van der Waals surface area contributed by atoms with E-state index in [1.165, 1.54) is 0 Å². The van der Waals surface area contributed by atoms with E-state index in [2.05, 4.69) is 5.32 Å². The van der Waals surface area contributed by atoms with Gasteiger partial charge in [-0.3, -0.25) is 9.59 Å². The predicted octanol–water partition coefficient (Wildman–Crippen LogP) is 6.05. The second-order valence-electron chi connectivity index (χ2n) is 7.91. The number of halogens is 2. The van der Waals surface area contributed by atoms with Crippen LogP contribution in [0.2, 0.25) is 10.0 Å². The number of hydrogen-bond acceptors (Lipinski definition) is 2. The summed E-state index contributed by atoms with van der Waals surface area (Å²) < 4.78 is 0. The van der Waals surface area contributed by atoms with E-state index in [1.807, 2.05) is 67.6 Å². The summed E-state index contributed by atoms with van der Waals surface area (Å²) in [6, 6.07) is 23.8. The molecule has 0 spiro atoms. The van der Waals surface area contributed by atoms with Crippen LogP contribution in [0.3, 0.4) is 0 Å². The largest absolute Gasteiger partial charge is 0.350 e. The Kier molecular flexibility index (Phi) is 9.35. The van der Waals surface area contributed by atoms with Gasteiger partial charge in [-0.1, -0.05) is 90.8 Å². The van der Waals surface area contributed by atoms with Crippen molar-refractivity contribution >= 4 is 35.0 Å². The number of rotatable bonds is 10. The standard InChI is InChI=1S/C27H28Cl2N2O2/c1-2-8-26(32)31(19-21-13-15-23(28)16-14-21)25(17-20-9-4-3-5-10-20)27(33)30-18-22-11-6-7-12-24(22)29/h3-7,9-16,25H,2,8,17-19H2,1H3,(H,30,33). The molecule has 3 rings (SSSR count). The van der Waals surface area contributed by atoms with Gasteiger partial charge in [0.05, 0.1) is 0 Å². The van der Waals surface area contributed by atoms with Crippen molar-refractivity contribution in [1.82, 2.24) is 10.2 Å². The maximum atomic E-state index is 13.5. The molecular formula is C27H28Cl2N2O2. The van der Waals surface area contributed by atoms with Crippen LogP contribution in [-0.4, -0.2) is 22.8 Å². The van der Waals surface area contributed by atoms with Crippen molar-refractivity contribution in [2.45, 2.75) is 45.3 Å². The second kappa shape index (κ2) is 12.4. The molecule has 0 aliphatic rings. The molecule has 3 aromatic rings. The zero-order chi connectivity index (χ0) is 23.6. The van der Waals surface area contributed by atoms with Gasteiger partial charge in [0.15, 0.2) is 0 Å². The highest BCUT2D eigenvalue weighted by Gasteiger charge is 2.30. The van der Waals surface area contributed by atoms with Crippen LogP contribution in [0.25, 0.3) is 0 Å². The molecule has 3 aromatic carbocycles. The summed E-state index contributed by atoms with van der Waals surface area (Å²) in [7, 11) is 0. The van der Waals surface area contributed by atoms with Crippen LogP contribution in [-0.2, 0) is 29.1 Å². The Hall–Kier alpha value is -2.82. The number of carbonyl (C=O) groups excluding carboxylic acids is 2. The van der Waals surface area contributed by atoms with Crippen LogP contribution < -0.4 is 5.32 Å². The molecule has 0 bridgehead atoms. The zero-order valence-corrected chi connectivity index (χ0v) is 20.1. The molecule has 0 aliphatic heterocycles. The van der Waals surface area contributed by atoms with Crippen molar-refractivity contribution in [3.05, 3.63) is 106 Å². The Morgan fingerprint density at radius 1 is 0.879 bits per heavy atom. The highest BCUT2D eigenvalue weighted by atomic mass is 35.5. The highest BCUT2D eigenvalue weighted by Crippen LogP contribution is 2.19. The fraction of sp³-hybridized carbons (Fsp3) is 0.259. The maximum absolute atomic E-state index is 13.5.